The highest BCUT2D eigenvalue weighted by atomic mass is 19.1. The number of hydrogen-bond acceptors (Lipinski definition) is 3. The Labute approximate surface area is 85.3 Å². The molecule has 0 amide bonds. The molecule has 5 heteroatoms. The van der Waals surface area contributed by atoms with Gasteiger partial charge in [-0.05, 0) is 6.92 Å². The molecule has 15 heavy (non-hydrogen) atoms. The SMILES string of the molecule is COc1c(F)cc(F)c(O)c1CC(C)=O. The third-order valence-electron chi connectivity index (χ3n) is 1.89. The van der Waals surface area contributed by atoms with Gasteiger partial charge < -0.3 is 9.84 Å². The van der Waals surface area contributed by atoms with E-state index in [1.165, 1.54) is 14.0 Å². The average molecular weight is 216 g/mol. The molecule has 1 aromatic rings. The highest BCUT2D eigenvalue weighted by Crippen LogP contribution is 2.33. The van der Waals surface area contributed by atoms with Gasteiger partial charge in [-0.25, -0.2) is 8.78 Å². The Morgan fingerprint density at radius 3 is 2.53 bits per heavy atom. The lowest BCUT2D eigenvalue weighted by atomic mass is 10.1. The quantitative estimate of drug-likeness (QED) is 0.838. The highest BCUT2D eigenvalue weighted by Gasteiger charge is 2.19. The molecule has 0 fully saturated rings. The number of carbonyl (C=O) groups excluding carboxylic acids is 1. The molecule has 1 rings (SSSR count). The summed E-state index contributed by atoms with van der Waals surface area (Å²) in [5.41, 5.74) is -0.164. The van der Waals surface area contributed by atoms with Gasteiger partial charge in [-0.15, -0.1) is 0 Å². The van der Waals surface area contributed by atoms with E-state index in [0.29, 0.717) is 6.07 Å². The van der Waals surface area contributed by atoms with Gasteiger partial charge in [0.25, 0.3) is 0 Å². The number of Topliss-reactive ketones (excluding diaryl/α,β-unsaturated/α-hetero) is 1. The Balaban J connectivity index is 3.36. The fourth-order valence-electron chi connectivity index (χ4n) is 1.27. The number of phenolic OH excluding ortho intramolecular Hbond substituents is 1. The minimum atomic E-state index is -1.11. The zero-order valence-corrected chi connectivity index (χ0v) is 8.30. The monoisotopic (exact) mass is 216 g/mol. The number of halogens is 2. The van der Waals surface area contributed by atoms with Gasteiger partial charge in [-0.1, -0.05) is 0 Å². The second-order valence-electron chi connectivity index (χ2n) is 3.08. The third-order valence-corrected chi connectivity index (χ3v) is 1.89. The molecule has 1 aromatic carbocycles. The van der Waals surface area contributed by atoms with E-state index in [1.807, 2.05) is 0 Å². The number of carbonyl (C=O) groups is 1. The van der Waals surface area contributed by atoms with E-state index in [4.69, 9.17) is 0 Å². The molecule has 1 N–H and O–H groups in total. The van der Waals surface area contributed by atoms with Crippen molar-refractivity contribution in [2.45, 2.75) is 13.3 Å². The highest BCUT2D eigenvalue weighted by molar-refractivity contribution is 5.80. The van der Waals surface area contributed by atoms with E-state index in [1.54, 1.807) is 0 Å². The van der Waals surface area contributed by atoms with Crippen LogP contribution in [-0.2, 0) is 11.2 Å². The van der Waals surface area contributed by atoms with Crippen molar-refractivity contribution >= 4 is 5.78 Å². The van der Waals surface area contributed by atoms with Gasteiger partial charge in [-0.3, -0.25) is 4.79 Å². The summed E-state index contributed by atoms with van der Waals surface area (Å²) in [5.74, 6) is -3.42. The van der Waals surface area contributed by atoms with E-state index in [2.05, 4.69) is 4.74 Å². The summed E-state index contributed by atoms with van der Waals surface area (Å²) in [7, 11) is 1.18. The van der Waals surface area contributed by atoms with Crippen LogP contribution in [0.25, 0.3) is 0 Å². The van der Waals surface area contributed by atoms with Crippen LogP contribution in [0.4, 0.5) is 8.78 Å². The molecule has 0 unspecified atom stereocenters. The Bertz CT molecular complexity index is 402. The van der Waals surface area contributed by atoms with Crippen LogP contribution >= 0.6 is 0 Å². The number of methoxy groups -OCH3 is 1. The first-order valence-corrected chi connectivity index (χ1v) is 4.20. The van der Waals surface area contributed by atoms with E-state index in [-0.39, 0.29) is 23.5 Å². The number of aromatic hydroxyl groups is 1. The van der Waals surface area contributed by atoms with Crippen molar-refractivity contribution in [2.75, 3.05) is 7.11 Å². The zero-order chi connectivity index (χ0) is 11.6. The van der Waals surface area contributed by atoms with Crippen LogP contribution in [0.15, 0.2) is 6.07 Å². The molecule has 0 saturated heterocycles. The van der Waals surface area contributed by atoms with Crippen LogP contribution in [0.5, 0.6) is 11.5 Å². The molecule has 0 aliphatic carbocycles. The molecular formula is C10H10F2O3. The number of benzene rings is 1. The van der Waals surface area contributed by atoms with Gasteiger partial charge >= 0.3 is 0 Å². The number of ketones is 1. The maximum absolute atomic E-state index is 13.2. The lowest BCUT2D eigenvalue weighted by molar-refractivity contribution is -0.116. The van der Waals surface area contributed by atoms with E-state index in [9.17, 15) is 18.7 Å². The molecule has 82 valence electrons. The molecule has 0 aromatic heterocycles. The fourth-order valence-corrected chi connectivity index (χ4v) is 1.27. The van der Waals surface area contributed by atoms with E-state index < -0.39 is 17.4 Å². The van der Waals surface area contributed by atoms with Gasteiger partial charge in [0.05, 0.1) is 7.11 Å². The zero-order valence-electron chi connectivity index (χ0n) is 8.30. The topological polar surface area (TPSA) is 46.5 Å². The first-order chi connectivity index (χ1) is 6.97. The third kappa shape index (κ3) is 2.23. The Morgan fingerprint density at radius 2 is 2.07 bits per heavy atom. The first-order valence-electron chi connectivity index (χ1n) is 4.20. The molecule has 0 aliphatic heterocycles. The van der Waals surface area contributed by atoms with Gasteiger partial charge in [0.1, 0.15) is 5.78 Å². The molecule has 0 heterocycles. The van der Waals surface area contributed by atoms with Gasteiger partial charge in [0.15, 0.2) is 23.1 Å². The lowest BCUT2D eigenvalue weighted by Gasteiger charge is -2.10. The van der Waals surface area contributed by atoms with Crippen molar-refractivity contribution in [1.29, 1.82) is 0 Å². The Hall–Kier alpha value is -1.65. The molecule has 0 radical (unpaired) electrons. The summed E-state index contributed by atoms with van der Waals surface area (Å²) < 4.78 is 30.8. The maximum Gasteiger partial charge on any atom is 0.168 e. The average Bonchev–Trinajstić information content (AvgIpc) is 2.13. The maximum atomic E-state index is 13.2. The van der Waals surface area contributed by atoms with Crippen molar-refractivity contribution in [2.24, 2.45) is 0 Å². The summed E-state index contributed by atoms with van der Waals surface area (Å²) in [4.78, 5) is 10.8. The van der Waals surface area contributed by atoms with Crippen molar-refractivity contribution < 1.29 is 23.4 Å². The van der Waals surface area contributed by atoms with Gasteiger partial charge in [0, 0.05) is 18.1 Å². The summed E-state index contributed by atoms with van der Waals surface area (Å²) in [6.07, 6.45) is -0.274. The largest absolute Gasteiger partial charge is 0.505 e. The molecule has 0 bridgehead atoms. The van der Waals surface area contributed by atoms with Crippen LogP contribution in [-0.4, -0.2) is 18.0 Å². The molecule has 0 aliphatic rings. The molecular weight excluding hydrogens is 206 g/mol. The molecule has 0 atom stereocenters. The predicted molar refractivity (Wildman–Crippen MR) is 49.0 cm³/mol. The molecule has 0 saturated carbocycles. The van der Waals surface area contributed by atoms with E-state index in [0.717, 1.165) is 0 Å². The van der Waals surface area contributed by atoms with Crippen LogP contribution in [0.1, 0.15) is 12.5 Å². The van der Waals surface area contributed by atoms with Crippen LogP contribution < -0.4 is 4.74 Å². The first kappa shape index (κ1) is 11.4. The number of rotatable bonds is 3. The number of hydrogen-bond donors (Lipinski definition) is 1. The lowest BCUT2D eigenvalue weighted by Crippen LogP contribution is -2.03. The predicted octanol–water partition coefficient (Wildman–Crippen LogP) is 1.81. The standard InChI is InChI=1S/C10H10F2O3/c1-5(13)3-6-9(14)7(11)4-8(12)10(6)15-2/h4,14H,3H2,1-2H3. The number of ether oxygens (including phenoxy) is 1. The van der Waals surface area contributed by atoms with Crippen LogP contribution in [0, 0.1) is 11.6 Å². The smallest absolute Gasteiger partial charge is 0.168 e. The minimum absolute atomic E-state index is 0.164. The minimum Gasteiger partial charge on any atom is -0.505 e. The molecule has 0 spiro atoms. The van der Waals surface area contributed by atoms with Gasteiger partial charge in [-0.2, -0.15) is 0 Å². The molecule has 3 nitrogen and oxygen atoms in total. The second kappa shape index (κ2) is 4.25. The van der Waals surface area contributed by atoms with Crippen molar-refractivity contribution in [3.63, 3.8) is 0 Å². The summed E-state index contributed by atoms with van der Waals surface area (Å²) in [6, 6.07) is 0.512. The van der Waals surface area contributed by atoms with Crippen molar-refractivity contribution in [3.05, 3.63) is 23.3 Å². The summed E-state index contributed by atoms with van der Waals surface area (Å²) in [6.45, 7) is 1.25. The Kier molecular flexibility index (Phi) is 3.24. The normalized spacial score (nSPS) is 10.1. The summed E-state index contributed by atoms with van der Waals surface area (Å²) >= 11 is 0. The number of phenols is 1. The van der Waals surface area contributed by atoms with Crippen molar-refractivity contribution in [3.8, 4) is 11.5 Å². The second-order valence-corrected chi connectivity index (χ2v) is 3.08. The Morgan fingerprint density at radius 1 is 1.47 bits per heavy atom. The van der Waals surface area contributed by atoms with Crippen LogP contribution in [0.2, 0.25) is 0 Å². The van der Waals surface area contributed by atoms with Gasteiger partial charge in [0.2, 0.25) is 0 Å². The van der Waals surface area contributed by atoms with Crippen LogP contribution in [0.3, 0.4) is 0 Å². The fraction of sp³-hybridized carbons (Fsp3) is 0.300. The van der Waals surface area contributed by atoms with E-state index >= 15 is 0 Å². The summed E-state index contributed by atoms with van der Waals surface area (Å²) in [5, 5.41) is 9.31. The van der Waals surface area contributed by atoms with Crippen molar-refractivity contribution in [1.82, 2.24) is 0 Å².